The molecule has 0 saturated carbocycles. The van der Waals surface area contributed by atoms with Crippen LogP contribution in [0.3, 0.4) is 0 Å². The highest BCUT2D eigenvalue weighted by molar-refractivity contribution is 5.32. The highest BCUT2D eigenvalue weighted by Gasteiger charge is 2.06. The number of hydrogen-bond donors (Lipinski definition) is 1. The molecule has 72 valence electrons. The molecule has 2 heterocycles. The van der Waals surface area contributed by atoms with E-state index < -0.39 is 0 Å². The smallest absolute Gasteiger partial charge is 0.252 e. The zero-order chi connectivity index (χ0) is 10.1. The molecule has 2 rings (SSSR count). The minimum absolute atomic E-state index is 0.484. The summed E-state index contributed by atoms with van der Waals surface area (Å²) in [5, 5.41) is 4.15. The van der Waals surface area contributed by atoms with Crippen molar-refractivity contribution in [1.29, 1.82) is 0 Å². The SMILES string of the molecule is Cc1nc(C)n(-c2ncc(N)cn2)n1. The predicted molar refractivity (Wildman–Crippen MR) is 50.8 cm³/mol. The van der Waals surface area contributed by atoms with Gasteiger partial charge in [-0.05, 0) is 13.8 Å². The summed E-state index contributed by atoms with van der Waals surface area (Å²) < 4.78 is 1.58. The Kier molecular flexibility index (Phi) is 1.88. The second-order valence-corrected chi connectivity index (χ2v) is 2.93. The zero-order valence-electron chi connectivity index (χ0n) is 7.97. The van der Waals surface area contributed by atoms with Gasteiger partial charge in [-0.1, -0.05) is 0 Å². The molecule has 0 radical (unpaired) electrons. The van der Waals surface area contributed by atoms with Gasteiger partial charge in [0, 0.05) is 0 Å². The monoisotopic (exact) mass is 190 g/mol. The molecule has 0 unspecified atom stereocenters. The maximum atomic E-state index is 5.48. The molecule has 0 saturated heterocycles. The quantitative estimate of drug-likeness (QED) is 0.697. The van der Waals surface area contributed by atoms with Gasteiger partial charge in [-0.2, -0.15) is 4.68 Å². The molecular formula is C8H10N6. The molecule has 0 aromatic carbocycles. The molecule has 0 aliphatic carbocycles. The number of rotatable bonds is 1. The van der Waals surface area contributed by atoms with Gasteiger partial charge in [0.15, 0.2) is 0 Å². The first-order valence-electron chi connectivity index (χ1n) is 4.15. The van der Waals surface area contributed by atoms with Gasteiger partial charge in [0.2, 0.25) is 0 Å². The van der Waals surface area contributed by atoms with Crippen LogP contribution < -0.4 is 5.73 Å². The van der Waals surface area contributed by atoms with E-state index in [-0.39, 0.29) is 0 Å². The first-order chi connectivity index (χ1) is 6.66. The predicted octanol–water partition coefficient (Wildman–Crippen LogP) is 0.256. The van der Waals surface area contributed by atoms with Crippen LogP contribution in [-0.2, 0) is 0 Å². The molecule has 0 spiro atoms. The third-order valence-corrected chi connectivity index (χ3v) is 1.72. The molecule has 0 amide bonds. The van der Waals surface area contributed by atoms with E-state index in [1.54, 1.807) is 17.1 Å². The molecule has 6 nitrogen and oxygen atoms in total. The van der Waals surface area contributed by atoms with Gasteiger partial charge in [-0.3, -0.25) is 0 Å². The van der Waals surface area contributed by atoms with E-state index in [0.29, 0.717) is 17.5 Å². The van der Waals surface area contributed by atoms with Gasteiger partial charge in [-0.25, -0.2) is 15.0 Å². The van der Waals surface area contributed by atoms with E-state index in [1.807, 2.05) is 13.8 Å². The summed E-state index contributed by atoms with van der Waals surface area (Å²) in [5.74, 6) is 1.94. The van der Waals surface area contributed by atoms with Crippen LogP contribution in [0.15, 0.2) is 12.4 Å². The van der Waals surface area contributed by atoms with Crippen LogP contribution in [-0.4, -0.2) is 24.7 Å². The third-order valence-electron chi connectivity index (χ3n) is 1.72. The number of anilines is 1. The van der Waals surface area contributed by atoms with Crippen LogP contribution in [0.25, 0.3) is 5.95 Å². The normalized spacial score (nSPS) is 10.4. The van der Waals surface area contributed by atoms with Crippen molar-refractivity contribution in [2.24, 2.45) is 0 Å². The van der Waals surface area contributed by atoms with Crippen molar-refractivity contribution in [2.45, 2.75) is 13.8 Å². The minimum atomic E-state index is 0.484. The highest BCUT2D eigenvalue weighted by atomic mass is 15.4. The van der Waals surface area contributed by atoms with Crippen molar-refractivity contribution in [1.82, 2.24) is 24.7 Å². The Bertz CT molecular complexity index is 443. The molecule has 2 N–H and O–H groups in total. The van der Waals surface area contributed by atoms with Crippen molar-refractivity contribution in [3.05, 3.63) is 24.0 Å². The molecule has 6 heteroatoms. The molecule has 0 aliphatic heterocycles. The molecule has 0 atom stereocenters. The largest absolute Gasteiger partial charge is 0.396 e. The van der Waals surface area contributed by atoms with Gasteiger partial charge in [-0.15, -0.1) is 5.10 Å². The summed E-state index contributed by atoms with van der Waals surface area (Å²) in [6, 6.07) is 0. The van der Waals surface area contributed by atoms with E-state index >= 15 is 0 Å². The van der Waals surface area contributed by atoms with E-state index in [0.717, 1.165) is 5.82 Å². The highest BCUT2D eigenvalue weighted by Crippen LogP contribution is 2.04. The average molecular weight is 190 g/mol. The summed E-state index contributed by atoms with van der Waals surface area (Å²) in [6.45, 7) is 3.67. The van der Waals surface area contributed by atoms with Gasteiger partial charge in [0.1, 0.15) is 11.6 Å². The topological polar surface area (TPSA) is 82.5 Å². The number of hydrogen-bond acceptors (Lipinski definition) is 5. The lowest BCUT2D eigenvalue weighted by Gasteiger charge is -1.99. The van der Waals surface area contributed by atoms with Crippen molar-refractivity contribution >= 4 is 5.69 Å². The van der Waals surface area contributed by atoms with Gasteiger partial charge in [0.25, 0.3) is 5.95 Å². The number of nitrogen functional groups attached to an aromatic ring is 1. The van der Waals surface area contributed by atoms with Crippen molar-refractivity contribution in [2.75, 3.05) is 5.73 Å². The maximum absolute atomic E-state index is 5.48. The number of nitrogens with zero attached hydrogens (tertiary/aromatic N) is 5. The van der Waals surface area contributed by atoms with Gasteiger partial charge in [0.05, 0.1) is 18.1 Å². The van der Waals surface area contributed by atoms with Crippen LogP contribution >= 0.6 is 0 Å². The van der Waals surface area contributed by atoms with Crippen molar-refractivity contribution in [3.8, 4) is 5.95 Å². The van der Waals surface area contributed by atoms with Gasteiger partial charge >= 0.3 is 0 Å². The fraction of sp³-hybridized carbons (Fsp3) is 0.250. The number of aryl methyl sites for hydroxylation is 2. The Morgan fingerprint density at radius 2 is 1.86 bits per heavy atom. The summed E-state index contributed by atoms with van der Waals surface area (Å²) in [6.07, 6.45) is 3.08. The van der Waals surface area contributed by atoms with E-state index in [9.17, 15) is 0 Å². The van der Waals surface area contributed by atoms with Crippen LogP contribution in [0.1, 0.15) is 11.6 Å². The molecule has 0 aliphatic rings. The lowest BCUT2D eigenvalue weighted by molar-refractivity contribution is 0.772. The van der Waals surface area contributed by atoms with E-state index in [1.165, 1.54) is 0 Å². The first-order valence-corrected chi connectivity index (χ1v) is 4.15. The summed E-state index contributed by atoms with van der Waals surface area (Å²) in [5.41, 5.74) is 6.01. The summed E-state index contributed by atoms with van der Waals surface area (Å²) in [7, 11) is 0. The lowest BCUT2D eigenvalue weighted by Crippen LogP contribution is -2.05. The molecule has 14 heavy (non-hydrogen) atoms. The summed E-state index contributed by atoms with van der Waals surface area (Å²) >= 11 is 0. The second kappa shape index (κ2) is 3.06. The first kappa shape index (κ1) is 8.61. The van der Waals surface area contributed by atoms with Crippen LogP contribution in [0.4, 0.5) is 5.69 Å². The summed E-state index contributed by atoms with van der Waals surface area (Å²) in [4.78, 5) is 12.2. The fourth-order valence-corrected chi connectivity index (χ4v) is 1.15. The Labute approximate surface area is 80.8 Å². The molecular weight excluding hydrogens is 180 g/mol. The van der Waals surface area contributed by atoms with Crippen LogP contribution in [0.2, 0.25) is 0 Å². The number of nitrogens with two attached hydrogens (primary N) is 1. The zero-order valence-corrected chi connectivity index (χ0v) is 7.97. The van der Waals surface area contributed by atoms with Crippen molar-refractivity contribution in [3.63, 3.8) is 0 Å². The lowest BCUT2D eigenvalue weighted by atomic mass is 10.6. The van der Waals surface area contributed by atoms with E-state index in [4.69, 9.17) is 5.73 Å². The Morgan fingerprint density at radius 3 is 2.36 bits per heavy atom. The van der Waals surface area contributed by atoms with Gasteiger partial charge < -0.3 is 5.73 Å². The standard InChI is InChI=1S/C8H10N6/c1-5-12-6(2)14(13-5)8-10-3-7(9)4-11-8/h3-4H,9H2,1-2H3. The number of aromatic nitrogens is 5. The van der Waals surface area contributed by atoms with Crippen molar-refractivity contribution < 1.29 is 0 Å². The molecule has 2 aromatic heterocycles. The Morgan fingerprint density at radius 1 is 1.21 bits per heavy atom. The Hall–Kier alpha value is -1.98. The van der Waals surface area contributed by atoms with Crippen LogP contribution in [0.5, 0.6) is 0 Å². The third kappa shape index (κ3) is 1.41. The Balaban J connectivity index is 2.49. The molecule has 2 aromatic rings. The maximum Gasteiger partial charge on any atom is 0.252 e. The van der Waals surface area contributed by atoms with Crippen LogP contribution in [0, 0.1) is 13.8 Å². The second-order valence-electron chi connectivity index (χ2n) is 2.93. The van der Waals surface area contributed by atoms with E-state index in [2.05, 4.69) is 20.1 Å². The average Bonchev–Trinajstić information content (AvgIpc) is 2.47. The minimum Gasteiger partial charge on any atom is -0.396 e. The molecule has 0 bridgehead atoms. The molecule has 0 fully saturated rings. The fourth-order valence-electron chi connectivity index (χ4n) is 1.15.